The summed E-state index contributed by atoms with van der Waals surface area (Å²) in [6.45, 7) is 3.89. The van der Waals surface area contributed by atoms with Crippen molar-refractivity contribution < 1.29 is 38.9 Å². The highest BCUT2D eigenvalue weighted by Crippen LogP contribution is 2.70. The fourth-order valence-corrected chi connectivity index (χ4v) is 6.42. The van der Waals surface area contributed by atoms with Crippen LogP contribution in [-0.4, -0.2) is 82.5 Å². The number of hydrogen-bond donors (Lipinski definition) is 2. The van der Waals surface area contributed by atoms with Crippen molar-refractivity contribution in [3.05, 3.63) is 0 Å². The quantitative estimate of drug-likeness (QED) is 0.714. The van der Waals surface area contributed by atoms with Gasteiger partial charge in [0.15, 0.2) is 0 Å². The molecule has 2 amide bonds. The molecular formula is C18H24N2O8. The fraction of sp³-hybridized carbons (Fsp3) is 0.778. The third-order valence-electron chi connectivity index (χ3n) is 7.40. The first-order valence-electron chi connectivity index (χ1n) is 9.59. The SMILES string of the molecule is CCOC(=O)N1C[C@H]2[C@@H]3CN(C(=O)OCC)[C@@H]4C[C@@]3(C(=O)O)[C@@H]1C[C@]24C(=O)O. The number of piperidine rings is 4. The molecule has 10 heteroatoms. The third-order valence-corrected chi connectivity index (χ3v) is 7.40. The summed E-state index contributed by atoms with van der Waals surface area (Å²) >= 11 is 0. The highest BCUT2D eigenvalue weighted by Gasteiger charge is 2.81. The molecule has 0 aromatic rings. The van der Waals surface area contributed by atoms with Crippen molar-refractivity contribution in [1.82, 2.24) is 9.80 Å². The molecule has 7 fully saturated rings. The maximum atomic E-state index is 12.5. The number of amides is 2. The summed E-state index contributed by atoms with van der Waals surface area (Å²) in [5, 5.41) is 20.4. The van der Waals surface area contributed by atoms with E-state index < -0.39 is 58.9 Å². The van der Waals surface area contributed by atoms with Gasteiger partial charge < -0.3 is 29.5 Å². The first-order valence-corrected chi connectivity index (χ1v) is 9.59. The molecule has 7 aliphatic rings. The van der Waals surface area contributed by atoms with Crippen molar-refractivity contribution in [2.75, 3.05) is 26.3 Å². The fourth-order valence-electron chi connectivity index (χ4n) is 6.42. The van der Waals surface area contributed by atoms with Gasteiger partial charge >= 0.3 is 24.1 Å². The molecule has 28 heavy (non-hydrogen) atoms. The summed E-state index contributed by atoms with van der Waals surface area (Å²) in [6.07, 6.45) is -1.23. The lowest BCUT2D eigenvalue weighted by Gasteiger charge is -2.75. The number of carboxylic acids is 2. The molecule has 4 aliphatic heterocycles. The molecule has 4 saturated heterocycles. The van der Waals surface area contributed by atoms with E-state index >= 15 is 0 Å². The Morgan fingerprint density at radius 1 is 0.821 bits per heavy atom. The summed E-state index contributed by atoms with van der Waals surface area (Å²) in [7, 11) is 0. The average Bonchev–Trinajstić information content (AvgIpc) is 2.67. The van der Waals surface area contributed by atoms with Crippen LogP contribution < -0.4 is 0 Å². The highest BCUT2D eigenvalue weighted by atomic mass is 16.6. The standard InChI is InChI=1S/C18H24N2O8/c1-3-27-15(25)19-7-9-10-8-20(16(26)28-4-2)12-6-17(10,13(21)22)11(19)5-18(9,12)14(23)24/h9-12H,3-8H2,1-2H3,(H,21,22)(H,23,24)/t9-,10-,11-,12+,17-,18-/m0/s1. The van der Waals surface area contributed by atoms with E-state index in [0.717, 1.165) is 0 Å². The molecule has 0 aromatic carbocycles. The molecule has 6 bridgehead atoms. The van der Waals surface area contributed by atoms with Crippen molar-refractivity contribution >= 4 is 24.1 Å². The molecule has 0 aromatic heterocycles. The number of hydrogen-bond acceptors (Lipinski definition) is 6. The Morgan fingerprint density at radius 2 is 1.18 bits per heavy atom. The van der Waals surface area contributed by atoms with Gasteiger partial charge in [-0.2, -0.15) is 0 Å². The smallest absolute Gasteiger partial charge is 0.410 e. The normalized spacial score (nSPS) is 39.8. The van der Waals surface area contributed by atoms with Crippen LogP contribution in [0, 0.1) is 22.7 Å². The second-order valence-corrected chi connectivity index (χ2v) is 8.05. The Labute approximate surface area is 161 Å². The molecule has 0 radical (unpaired) electrons. The minimum Gasteiger partial charge on any atom is -0.481 e. The topological polar surface area (TPSA) is 134 Å². The summed E-state index contributed by atoms with van der Waals surface area (Å²) in [4.78, 5) is 52.6. The van der Waals surface area contributed by atoms with Gasteiger partial charge in [-0.05, 0) is 26.7 Å². The van der Waals surface area contributed by atoms with Crippen LogP contribution in [0.4, 0.5) is 9.59 Å². The van der Waals surface area contributed by atoms with Gasteiger partial charge in [0.25, 0.3) is 0 Å². The molecule has 10 nitrogen and oxygen atoms in total. The molecule has 3 aliphatic carbocycles. The van der Waals surface area contributed by atoms with E-state index in [2.05, 4.69) is 0 Å². The number of ether oxygens (including phenoxy) is 2. The second kappa shape index (κ2) is 5.99. The second-order valence-electron chi connectivity index (χ2n) is 8.05. The van der Waals surface area contributed by atoms with Gasteiger partial charge in [0.2, 0.25) is 0 Å². The van der Waals surface area contributed by atoms with Crippen molar-refractivity contribution in [1.29, 1.82) is 0 Å². The molecule has 6 atom stereocenters. The van der Waals surface area contributed by atoms with E-state index in [1.165, 1.54) is 9.80 Å². The number of nitrogens with zero attached hydrogens (tertiary/aromatic N) is 2. The predicted molar refractivity (Wildman–Crippen MR) is 91.4 cm³/mol. The van der Waals surface area contributed by atoms with Gasteiger partial charge in [-0.3, -0.25) is 9.59 Å². The Kier molecular flexibility index (Phi) is 4.03. The van der Waals surface area contributed by atoms with Crippen molar-refractivity contribution in [2.45, 2.75) is 38.8 Å². The lowest BCUT2D eigenvalue weighted by atomic mass is 9.36. The largest absolute Gasteiger partial charge is 0.481 e. The summed E-state index contributed by atoms with van der Waals surface area (Å²) in [5.74, 6) is -3.21. The first kappa shape index (κ1) is 18.8. The Bertz CT molecular complexity index is 694. The number of carbonyl (C=O) groups is 4. The number of aliphatic carboxylic acids is 2. The van der Waals surface area contributed by atoms with Gasteiger partial charge in [0, 0.05) is 24.9 Å². The minimum absolute atomic E-state index is 0.00478. The minimum atomic E-state index is -1.28. The zero-order valence-corrected chi connectivity index (χ0v) is 15.8. The van der Waals surface area contributed by atoms with Crippen molar-refractivity contribution in [3.8, 4) is 0 Å². The molecule has 0 unspecified atom stereocenters. The number of carboxylic acid groups (broad SMARTS) is 2. The van der Waals surface area contributed by atoms with E-state index in [1.807, 2.05) is 0 Å². The van der Waals surface area contributed by atoms with E-state index in [4.69, 9.17) is 9.47 Å². The van der Waals surface area contributed by atoms with Crippen LogP contribution in [0.1, 0.15) is 26.7 Å². The average molecular weight is 396 g/mol. The molecule has 0 spiro atoms. The zero-order valence-electron chi connectivity index (χ0n) is 15.8. The van der Waals surface area contributed by atoms with Gasteiger partial charge in [-0.1, -0.05) is 0 Å². The molecule has 7 rings (SSSR count). The maximum Gasteiger partial charge on any atom is 0.410 e. The maximum absolute atomic E-state index is 12.5. The lowest BCUT2D eigenvalue weighted by molar-refractivity contribution is -0.276. The molecule has 154 valence electrons. The predicted octanol–water partition coefficient (Wildman–Crippen LogP) is 0.850. The van der Waals surface area contributed by atoms with Crippen LogP contribution in [0.5, 0.6) is 0 Å². The van der Waals surface area contributed by atoms with E-state index in [9.17, 15) is 29.4 Å². The van der Waals surface area contributed by atoms with Crippen LogP contribution in [0.3, 0.4) is 0 Å². The van der Waals surface area contributed by atoms with Crippen molar-refractivity contribution in [2.24, 2.45) is 22.7 Å². The van der Waals surface area contributed by atoms with Gasteiger partial charge in [-0.25, -0.2) is 9.59 Å². The molecule has 3 saturated carbocycles. The van der Waals surface area contributed by atoms with E-state index in [1.54, 1.807) is 13.8 Å². The monoisotopic (exact) mass is 396 g/mol. The Balaban J connectivity index is 1.80. The highest BCUT2D eigenvalue weighted by molar-refractivity contribution is 5.87. The van der Waals surface area contributed by atoms with Gasteiger partial charge in [0.1, 0.15) is 0 Å². The van der Waals surface area contributed by atoms with Crippen LogP contribution in [-0.2, 0) is 19.1 Å². The number of carbonyl (C=O) groups excluding carboxylic acids is 2. The third kappa shape index (κ3) is 1.98. The van der Waals surface area contributed by atoms with E-state index in [0.29, 0.717) is 0 Å². The summed E-state index contributed by atoms with van der Waals surface area (Å²) in [5.41, 5.74) is -2.55. The van der Waals surface area contributed by atoms with E-state index in [-0.39, 0.29) is 39.1 Å². The molecule has 2 N–H and O–H groups in total. The molecule has 4 heterocycles. The molecular weight excluding hydrogens is 372 g/mol. The lowest BCUT2D eigenvalue weighted by Crippen LogP contribution is -2.86. The summed E-state index contributed by atoms with van der Waals surface area (Å²) < 4.78 is 10.2. The van der Waals surface area contributed by atoms with Crippen LogP contribution in [0.15, 0.2) is 0 Å². The zero-order chi connectivity index (χ0) is 20.4. The number of rotatable bonds is 4. The number of fused-ring (bicyclic) bond motifs is 2. The van der Waals surface area contributed by atoms with Gasteiger partial charge in [0.05, 0.1) is 36.1 Å². The Hall–Kier alpha value is -2.52. The van der Waals surface area contributed by atoms with Crippen LogP contribution in [0.2, 0.25) is 0 Å². The van der Waals surface area contributed by atoms with Crippen LogP contribution >= 0.6 is 0 Å². The summed E-state index contributed by atoms with van der Waals surface area (Å²) in [6, 6.07) is -1.54. The Morgan fingerprint density at radius 3 is 1.46 bits per heavy atom. The first-order chi connectivity index (χ1) is 13.3. The van der Waals surface area contributed by atoms with Gasteiger partial charge in [-0.15, -0.1) is 0 Å². The van der Waals surface area contributed by atoms with Crippen LogP contribution in [0.25, 0.3) is 0 Å². The van der Waals surface area contributed by atoms with Crippen molar-refractivity contribution in [3.63, 3.8) is 0 Å².